The molecule has 3 heteroatoms. The van der Waals surface area contributed by atoms with Crippen LogP contribution in [0.15, 0.2) is 12.3 Å². The van der Waals surface area contributed by atoms with Gasteiger partial charge in [0, 0.05) is 12.2 Å². The third-order valence-corrected chi connectivity index (χ3v) is 2.56. The number of aromatic nitrogens is 1. The lowest BCUT2D eigenvalue weighted by atomic mass is 9.90. The van der Waals surface area contributed by atoms with Crippen molar-refractivity contribution in [3.8, 4) is 0 Å². The molecule has 2 nitrogen and oxygen atoms in total. The largest absolute Gasteiger partial charge is 0.324 e. The van der Waals surface area contributed by atoms with Crippen LogP contribution >= 0.6 is 11.6 Å². The van der Waals surface area contributed by atoms with E-state index in [0.717, 1.165) is 19.3 Å². The zero-order valence-corrected chi connectivity index (χ0v) is 7.51. The fourth-order valence-corrected chi connectivity index (χ4v) is 1.88. The van der Waals surface area contributed by atoms with Gasteiger partial charge in [-0.25, -0.2) is 4.98 Å². The Balaban J connectivity index is 2.46. The molecule has 12 heavy (non-hydrogen) atoms. The second-order valence-corrected chi connectivity index (χ2v) is 3.59. The molecule has 1 unspecified atom stereocenters. The fourth-order valence-electron chi connectivity index (χ4n) is 1.70. The van der Waals surface area contributed by atoms with Crippen molar-refractivity contribution in [2.24, 2.45) is 5.73 Å². The maximum absolute atomic E-state index is 5.91. The lowest BCUT2D eigenvalue weighted by Crippen LogP contribution is -2.17. The van der Waals surface area contributed by atoms with Gasteiger partial charge in [-0.2, -0.15) is 0 Å². The van der Waals surface area contributed by atoms with Gasteiger partial charge in [0.25, 0.3) is 0 Å². The first kappa shape index (κ1) is 8.02. The van der Waals surface area contributed by atoms with Crippen molar-refractivity contribution in [2.75, 3.05) is 0 Å². The minimum Gasteiger partial charge on any atom is -0.324 e. The molecule has 0 radical (unpaired) electrons. The second-order valence-electron chi connectivity index (χ2n) is 3.20. The number of rotatable bonds is 0. The van der Waals surface area contributed by atoms with E-state index in [1.807, 2.05) is 12.3 Å². The molecule has 0 saturated carbocycles. The van der Waals surface area contributed by atoms with Crippen LogP contribution in [-0.4, -0.2) is 4.98 Å². The quantitative estimate of drug-likeness (QED) is 0.624. The van der Waals surface area contributed by atoms with Crippen molar-refractivity contribution in [3.63, 3.8) is 0 Å². The minimum absolute atomic E-state index is 0.165. The summed E-state index contributed by atoms with van der Waals surface area (Å²) in [6.07, 6.45) is 5.12. The van der Waals surface area contributed by atoms with E-state index in [4.69, 9.17) is 17.3 Å². The van der Waals surface area contributed by atoms with Crippen molar-refractivity contribution >= 4 is 11.6 Å². The minimum atomic E-state index is 0.165. The van der Waals surface area contributed by atoms with Gasteiger partial charge in [0.1, 0.15) is 5.15 Å². The van der Waals surface area contributed by atoms with Crippen LogP contribution in [0.1, 0.15) is 30.0 Å². The van der Waals surface area contributed by atoms with E-state index in [0.29, 0.717) is 5.15 Å². The second kappa shape index (κ2) is 3.04. The first-order valence-electron chi connectivity index (χ1n) is 4.17. The highest BCUT2D eigenvalue weighted by molar-refractivity contribution is 6.29. The maximum Gasteiger partial charge on any atom is 0.129 e. The summed E-state index contributed by atoms with van der Waals surface area (Å²) in [4.78, 5) is 4.03. The van der Waals surface area contributed by atoms with Crippen molar-refractivity contribution in [3.05, 3.63) is 28.5 Å². The normalized spacial score (nSPS) is 22.0. The van der Waals surface area contributed by atoms with E-state index in [2.05, 4.69) is 4.98 Å². The molecule has 0 spiro atoms. The third-order valence-electron chi connectivity index (χ3n) is 2.35. The summed E-state index contributed by atoms with van der Waals surface area (Å²) in [7, 11) is 0. The van der Waals surface area contributed by atoms with Crippen LogP contribution in [0.25, 0.3) is 0 Å². The highest BCUT2D eigenvalue weighted by Gasteiger charge is 2.16. The SMILES string of the molecule is NC1CCCc2cc(Cl)ncc21. The average molecular weight is 183 g/mol. The molecule has 1 heterocycles. The van der Waals surface area contributed by atoms with E-state index >= 15 is 0 Å². The van der Waals surface area contributed by atoms with Gasteiger partial charge in [0.15, 0.2) is 0 Å². The predicted molar refractivity (Wildman–Crippen MR) is 49.1 cm³/mol. The molecule has 2 rings (SSSR count). The molecular weight excluding hydrogens is 172 g/mol. The molecule has 64 valence electrons. The Hall–Kier alpha value is -0.600. The number of pyridine rings is 1. The highest BCUT2D eigenvalue weighted by atomic mass is 35.5. The zero-order valence-electron chi connectivity index (χ0n) is 6.76. The van der Waals surface area contributed by atoms with Crippen LogP contribution in [0.3, 0.4) is 0 Å². The molecule has 0 bridgehead atoms. The van der Waals surface area contributed by atoms with E-state index < -0.39 is 0 Å². The molecular formula is C9H11ClN2. The zero-order chi connectivity index (χ0) is 8.55. The van der Waals surface area contributed by atoms with Gasteiger partial charge in [0.05, 0.1) is 0 Å². The molecule has 0 fully saturated rings. The summed E-state index contributed by atoms with van der Waals surface area (Å²) in [6, 6.07) is 2.09. The lowest BCUT2D eigenvalue weighted by molar-refractivity contribution is 0.568. The van der Waals surface area contributed by atoms with Gasteiger partial charge in [-0.1, -0.05) is 11.6 Å². The summed E-state index contributed by atoms with van der Waals surface area (Å²) in [5.41, 5.74) is 8.36. The van der Waals surface area contributed by atoms with Crippen LogP contribution in [-0.2, 0) is 6.42 Å². The van der Waals surface area contributed by atoms with Crippen LogP contribution in [0.5, 0.6) is 0 Å². The van der Waals surface area contributed by atoms with Crippen molar-refractivity contribution in [1.29, 1.82) is 0 Å². The van der Waals surface area contributed by atoms with Crippen LogP contribution < -0.4 is 5.73 Å². The summed E-state index contributed by atoms with van der Waals surface area (Å²) >= 11 is 5.77. The Morgan fingerprint density at radius 1 is 1.58 bits per heavy atom. The summed E-state index contributed by atoms with van der Waals surface area (Å²) in [6.45, 7) is 0. The van der Waals surface area contributed by atoms with Gasteiger partial charge in [0.2, 0.25) is 0 Å². The summed E-state index contributed by atoms with van der Waals surface area (Å²) in [5.74, 6) is 0. The average Bonchev–Trinajstić information content (AvgIpc) is 2.04. The smallest absolute Gasteiger partial charge is 0.129 e. The first-order valence-corrected chi connectivity index (χ1v) is 4.55. The van der Waals surface area contributed by atoms with Crippen molar-refractivity contribution in [1.82, 2.24) is 4.98 Å². The molecule has 1 aliphatic rings. The Kier molecular flexibility index (Phi) is 2.03. The number of hydrogen-bond acceptors (Lipinski definition) is 2. The first-order chi connectivity index (χ1) is 5.77. The number of nitrogens with zero attached hydrogens (tertiary/aromatic N) is 1. The Morgan fingerprint density at radius 2 is 2.42 bits per heavy atom. The molecule has 0 amide bonds. The van der Waals surface area contributed by atoms with Gasteiger partial charge in [-0.05, 0) is 36.5 Å². The molecule has 0 saturated heterocycles. The third kappa shape index (κ3) is 1.32. The van der Waals surface area contributed by atoms with E-state index in [9.17, 15) is 0 Å². The van der Waals surface area contributed by atoms with Crippen LogP contribution in [0, 0.1) is 0 Å². The van der Waals surface area contributed by atoms with E-state index in [1.165, 1.54) is 11.1 Å². The molecule has 0 aromatic carbocycles. The van der Waals surface area contributed by atoms with Gasteiger partial charge >= 0.3 is 0 Å². The predicted octanol–water partition coefficient (Wildman–Crippen LogP) is 2.07. The number of halogens is 1. The van der Waals surface area contributed by atoms with Crippen molar-refractivity contribution in [2.45, 2.75) is 25.3 Å². The topological polar surface area (TPSA) is 38.9 Å². The fraction of sp³-hybridized carbons (Fsp3) is 0.444. The molecule has 1 atom stereocenters. The highest BCUT2D eigenvalue weighted by Crippen LogP contribution is 2.28. The maximum atomic E-state index is 5.91. The Morgan fingerprint density at radius 3 is 3.25 bits per heavy atom. The van der Waals surface area contributed by atoms with Crippen molar-refractivity contribution < 1.29 is 0 Å². The van der Waals surface area contributed by atoms with Crippen LogP contribution in [0.2, 0.25) is 5.15 Å². The molecule has 1 aromatic rings. The molecule has 0 aliphatic heterocycles. The van der Waals surface area contributed by atoms with Gasteiger partial charge in [-0.3, -0.25) is 0 Å². The standard InChI is InChI=1S/C9H11ClN2/c10-9-4-6-2-1-3-8(11)7(6)5-12-9/h4-5,8H,1-3,11H2. The number of fused-ring (bicyclic) bond motifs is 1. The molecule has 1 aliphatic carbocycles. The number of hydrogen-bond donors (Lipinski definition) is 1. The van der Waals surface area contributed by atoms with Crippen LogP contribution in [0.4, 0.5) is 0 Å². The number of aryl methyl sites for hydroxylation is 1. The van der Waals surface area contributed by atoms with Gasteiger partial charge in [-0.15, -0.1) is 0 Å². The number of nitrogens with two attached hydrogens (primary N) is 1. The Bertz CT molecular complexity index is 299. The lowest BCUT2D eigenvalue weighted by Gasteiger charge is -2.21. The molecule has 1 aromatic heterocycles. The monoisotopic (exact) mass is 182 g/mol. The van der Waals surface area contributed by atoms with E-state index in [1.54, 1.807) is 0 Å². The van der Waals surface area contributed by atoms with Gasteiger partial charge < -0.3 is 5.73 Å². The summed E-state index contributed by atoms with van der Waals surface area (Å²) in [5, 5.41) is 0.572. The van der Waals surface area contributed by atoms with E-state index in [-0.39, 0.29) is 6.04 Å². The summed E-state index contributed by atoms with van der Waals surface area (Å²) < 4.78 is 0. The Labute approximate surface area is 76.7 Å². The molecule has 2 N–H and O–H groups in total.